The molecule has 2 aromatic rings. The highest BCUT2D eigenvalue weighted by atomic mass is 16.3. The van der Waals surface area contributed by atoms with Crippen molar-refractivity contribution in [2.75, 3.05) is 0 Å². The average molecular weight is 241 g/mol. The van der Waals surface area contributed by atoms with Gasteiger partial charge in [-0.1, -0.05) is 31.2 Å². The van der Waals surface area contributed by atoms with Crippen LogP contribution in [0, 0.1) is 0 Å². The number of furan rings is 1. The Morgan fingerprint density at radius 3 is 2.94 bits per heavy atom. The Hall–Kier alpha value is -1.54. The lowest BCUT2D eigenvalue weighted by molar-refractivity contribution is 0.483. The molecule has 1 aromatic carbocycles. The highest BCUT2D eigenvalue weighted by molar-refractivity contribution is 5.66. The van der Waals surface area contributed by atoms with Crippen LogP contribution in [-0.2, 0) is 13.0 Å². The molecule has 0 aliphatic heterocycles. The predicted molar refractivity (Wildman–Crippen MR) is 73.4 cm³/mol. The second-order valence-electron chi connectivity index (χ2n) is 4.97. The van der Waals surface area contributed by atoms with E-state index in [-0.39, 0.29) is 0 Å². The summed E-state index contributed by atoms with van der Waals surface area (Å²) in [4.78, 5) is 0. The maximum absolute atomic E-state index is 5.61. The summed E-state index contributed by atoms with van der Waals surface area (Å²) in [6, 6.07) is 11.5. The van der Waals surface area contributed by atoms with Gasteiger partial charge in [-0.2, -0.15) is 0 Å². The van der Waals surface area contributed by atoms with Gasteiger partial charge in [-0.05, 0) is 36.5 Å². The molecule has 0 saturated heterocycles. The lowest BCUT2D eigenvalue weighted by atomic mass is 10.0. The zero-order chi connectivity index (χ0) is 12.4. The molecule has 1 saturated carbocycles. The molecule has 94 valence electrons. The SMILES string of the molecule is CCc1cccc(-c2ccoc2CNC2CC2)c1. The smallest absolute Gasteiger partial charge is 0.125 e. The molecule has 1 fully saturated rings. The molecule has 0 radical (unpaired) electrons. The van der Waals surface area contributed by atoms with Crippen molar-refractivity contribution in [3.63, 3.8) is 0 Å². The predicted octanol–water partition coefficient (Wildman–Crippen LogP) is 3.76. The van der Waals surface area contributed by atoms with Crippen LogP contribution in [0.5, 0.6) is 0 Å². The number of hydrogen-bond acceptors (Lipinski definition) is 2. The summed E-state index contributed by atoms with van der Waals surface area (Å²) in [6.07, 6.45) is 5.47. The van der Waals surface area contributed by atoms with Gasteiger partial charge in [0.25, 0.3) is 0 Å². The largest absolute Gasteiger partial charge is 0.467 e. The van der Waals surface area contributed by atoms with Crippen molar-refractivity contribution in [1.29, 1.82) is 0 Å². The van der Waals surface area contributed by atoms with E-state index in [1.54, 1.807) is 6.26 Å². The van der Waals surface area contributed by atoms with E-state index in [1.807, 2.05) is 0 Å². The standard InChI is InChI=1S/C16H19NO/c1-2-12-4-3-5-13(10-12)15-8-9-18-16(15)11-17-14-6-7-14/h3-5,8-10,14,17H,2,6-7,11H2,1H3. The van der Waals surface area contributed by atoms with Crippen molar-refractivity contribution in [3.8, 4) is 11.1 Å². The van der Waals surface area contributed by atoms with E-state index in [0.717, 1.165) is 18.7 Å². The molecule has 0 spiro atoms. The van der Waals surface area contributed by atoms with E-state index >= 15 is 0 Å². The Morgan fingerprint density at radius 2 is 2.17 bits per heavy atom. The van der Waals surface area contributed by atoms with Crippen LogP contribution < -0.4 is 5.32 Å². The van der Waals surface area contributed by atoms with Crippen LogP contribution in [-0.4, -0.2) is 6.04 Å². The summed E-state index contributed by atoms with van der Waals surface area (Å²) in [5, 5.41) is 3.50. The first-order chi connectivity index (χ1) is 8.86. The van der Waals surface area contributed by atoms with E-state index in [0.29, 0.717) is 6.04 Å². The molecule has 2 nitrogen and oxygen atoms in total. The molecule has 3 rings (SSSR count). The van der Waals surface area contributed by atoms with Crippen molar-refractivity contribution in [2.45, 2.75) is 38.8 Å². The fourth-order valence-corrected chi connectivity index (χ4v) is 2.22. The molecule has 1 aliphatic carbocycles. The molecular weight excluding hydrogens is 222 g/mol. The van der Waals surface area contributed by atoms with E-state index in [1.165, 1.54) is 29.5 Å². The molecule has 1 aliphatic rings. The molecule has 2 heteroatoms. The number of aryl methyl sites for hydroxylation is 1. The maximum Gasteiger partial charge on any atom is 0.125 e. The minimum absolute atomic E-state index is 0.713. The molecule has 1 N–H and O–H groups in total. The summed E-state index contributed by atoms with van der Waals surface area (Å²) >= 11 is 0. The fourth-order valence-electron chi connectivity index (χ4n) is 2.22. The average Bonchev–Trinajstić information content (AvgIpc) is 3.13. The van der Waals surface area contributed by atoms with Crippen LogP contribution in [0.15, 0.2) is 41.0 Å². The lowest BCUT2D eigenvalue weighted by Crippen LogP contribution is -2.15. The van der Waals surface area contributed by atoms with Crippen molar-refractivity contribution in [2.24, 2.45) is 0 Å². The molecule has 18 heavy (non-hydrogen) atoms. The van der Waals surface area contributed by atoms with Gasteiger partial charge in [0, 0.05) is 11.6 Å². The third-order valence-electron chi connectivity index (χ3n) is 3.52. The van der Waals surface area contributed by atoms with Gasteiger partial charge in [-0.3, -0.25) is 0 Å². The van der Waals surface area contributed by atoms with Crippen molar-refractivity contribution in [1.82, 2.24) is 5.32 Å². The van der Waals surface area contributed by atoms with Crippen molar-refractivity contribution >= 4 is 0 Å². The quantitative estimate of drug-likeness (QED) is 0.862. The van der Waals surface area contributed by atoms with Crippen LogP contribution in [0.2, 0.25) is 0 Å². The van der Waals surface area contributed by atoms with Gasteiger partial charge >= 0.3 is 0 Å². The van der Waals surface area contributed by atoms with Crippen LogP contribution >= 0.6 is 0 Å². The normalized spacial score (nSPS) is 14.9. The van der Waals surface area contributed by atoms with Gasteiger partial charge in [0.1, 0.15) is 5.76 Å². The van der Waals surface area contributed by atoms with Crippen LogP contribution in [0.25, 0.3) is 11.1 Å². The summed E-state index contributed by atoms with van der Waals surface area (Å²) < 4.78 is 5.61. The first-order valence-electron chi connectivity index (χ1n) is 6.76. The van der Waals surface area contributed by atoms with E-state index in [4.69, 9.17) is 4.42 Å². The summed E-state index contributed by atoms with van der Waals surface area (Å²) in [7, 11) is 0. The molecule has 1 heterocycles. The lowest BCUT2D eigenvalue weighted by Gasteiger charge is -2.05. The third kappa shape index (κ3) is 2.49. The van der Waals surface area contributed by atoms with Gasteiger partial charge in [-0.25, -0.2) is 0 Å². The van der Waals surface area contributed by atoms with Crippen LogP contribution in [0.4, 0.5) is 0 Å². The first kappa shape index (κ1) is 11.5. The van der Waals surface area contributed by atoms with Crippen molar-refractivity contribution < 1.29 is 4.42 Å². The van der Waals surface area contributed by atoms with E-state index < -0.39 is 0 Å². The number of benzene rings is 1. The first-order valence-corrected chi connectivity index (χ1v) is 6.76. The summed E-state index contributed by atoms with van der Waals surface area (Å²) in [5.41, 5.74) is 3.85. The minimum Gasteiger partial charge on any atom is -0.467 e. The topological polar surface area (TPSA) is 25.2 Å². The second kappa shape index (κ2) is 4.99. The summed E-state index contributed by atoms with van der Waals surface area (Å²) in [6.45, 7) is 3.02. The fraction of sp³-hybridized carbons (Fsp3) is 0.375. The van der Waals surface area contributed by atoms with Gasteiger partial charge < -0.3 is 9.73 Å². The molecule has 0 amide bonds. The summed E-state index contributed by atoms with van der Waals surface area (Å²) in [5.74, 6) is 1.05. The maximum atomic E-state index is 5.61. The number of hydrogen-bond donors (Lipinski definition) is 1. The minimum atomic E-state index is 0.713. The zero-order valence-electron chi connectivity index (χ0n) is 10.8. The van der Waals surface area contributed by atoms with Crippen LogP contribution in [0.3, 0.4) is 0 Å². The number of rotatable bonds is 5. The van der Waals surface area contributed by atoms with E-state index in [9.17, 15) is 0 Å². The monoisotopic (exact) mass is 241 g/mol. The van der Waals surface area contributed by atoms with Gasteiger partial charge in [0.05, 0.1) is 12.8 Å². The Labute approximate surface area is 108 Å². The highest BCUT2D eigenvalue weighted by Crippen LogP contribution is 2.27. The van der Waals surface area contributed by atoms with Gasteiger partial charge in [0.2, 0.25) is 0 Å². The Morgan fingerprint density at radius 1 is 1.28 bits per heavy atom. The van der Waals surface area contributed by atoms with Crippen molar-refractivity contribution in [3.05, 3.63) is 47.9 Å². The highest BCUT2D eigenvalue weighted by Gasteiger charge is 2.21. The third-order valence-corrected chi connectivity index (χ3v) is 3.52. The van der Waals surface area contributed by atoms with Crippen LogP contribution in [0.1, 0.15) is 31.1 Å². The van der Waals surface area contributed by atoms with E-state index in [2.05, 4.69) is 42.6 Å². The molecule has 0 atom stereocenters. The second-order valence-corrected chi connectivity index (χ2v) is 4.97. The Bertz CT molecular complexity index is 525. The molecule has 1 aromatic heterocycles. The molecule has 0 unspecified atom stereocenters. The van der Waals surface area contributed by atoms with Gasteiger partial charge in [-0.15, -0.1) is 0 Å². The Balaban J connectivity index is 1.83. The molecular formula is C16H19NO. The number of nitrogens with one attached hydrogen (secondary N) is 1. The molecule has 0 bridgehead atoms. The van der Waals surface area contributed by atoms with Gasteiger partial charge in [0.15, 0.2) is 0 Å². The Kier molecular flexibility index (Phi) is 3.20. The zero-order valence-corrected chi connectivity index (χ0v) is 10.8.